The van der Waals surface area contributed by atoms with Crippen LogP contribution in [-0.2, 0) is 46.6 Å². The fourth-order valence-electron chi connectivity index (χ4n) is 5.03. The molecule has 0 radical (unpaired) electrons. The number of Topliss-reactive ketones (excluding diaryl/α,β-unsaturated/α-hetero) is 1. The Bertz CT molecular complexity index is 1430. The maximum Gasteiger partial charge on any atom is 0.334 e. The molecule has 0 aliphatic heterocycles. The van der Waals surface area contributed by atoms with Crippen molar-refractivity contribution in [2.45, 2.75) is 39.9 Å². The minimum Gasteiger partial charge on any atom is -0.466 e. The SMILES string of the molecule is COC(=O)/C(C)=C(/C1=C(C(C)=O)CC(C(=O)OCc2ccccc2)(C(=O)OCc2ccccc2)C1)c1ccccc1. The van der Waals surface area contributed by atoms with Crippen LogP contribution in [0.2, 0.25) is 0 Å². The number of hydrogen-bond acceptors (Lipinski definition) is 7. The van der Waals surface area contributed by atoms with E-state index >= 15 is 0 Å². The number of esters is 3. The second-order valence-electron chi connectivity index (χ2n) is 9.93. The molecule has 0 atom stereocenters. The fourth-order valence-corrected chi connectivity index (χ4v) is 5.03. The second-order valence-corrected chi connectivity index (χ2v) is 9.93. The molecule has 0 unspecified atom stereocenters. The molecule has 7 nitrogen and oxygen atoms in total. The van der Waals surface area contributed by atoms with Gasteiger partial charge in [-0.05, 0) is 41.7 Å². The molecule has 41 heavy (non-hydrogen) atoms. The molecule has 0 aromatic heterocycles. The predicted molar refractivity (Wildman–Crippen MR) is 153 cm³/mol. The molecule has 1 aliphatic carbocycles. The average Bonchev–Trinajstić information content (AvgIpc) is 3.42. The molecule has 0 saturated heterocycles. The zero-order valence-corrected chi connectivity index (χ0v) is 23.3. The van der Waals surface area contributed by atoms with Crippen molar-refractivity contribution >= 4 is 29.3 Å². The monoisotopic (exact) mass is 552 g/mol. The summed E-state index contributed by atoms with van der Waals surface area (Å²) in [6.45, 7) is 2.87. The number of hydrogen-bond donors (Lipinski definition) is 0. The third-order valence-electron chi connectivity index (χ3n) is 7.18. The third-order valence-corrected chi connectivity index (χ3v) is 7.18. The van der Waals surface area contributed by atoms with Gasteiger partial charge in [-0.15, -0.1) is 0 Å². The maximum absolute atomic E-state index is 13.9. The van der Waals surface area contributed by atoms with Crippen LogP contribution in [0.4, 0.5) is 0 Å². The Kier molecular flexibility index (Phi) is 9.30. The van der Waals surface area contributed by atoms with Crippen LogP contribution < -0.4 is 0 Å². The fraction of sp³-hybridized carbons (Fsp3) is 0.235. The first-order valence-electron chi connectivity index (χ1n) is 13.3. The van der Waals surface area contributed by atoms with Gasteiger partial charge in [-0.3, -0.25) is 14.4 Å². The number of allylic oxidation sites excluding steroid dienone is 3. The zero-order chi connectivity index (χ0) is 29.4. The van der Waals surface area contributed by atoms with Crippen molar-refractivity contribution < 1.29 is 33.4 Å². The minimum atomic E-state index is -1.82. The van der Waals surface area contributed by atoms with E-state index in [1.807, 2.05) is 66.7 Å². The summed E-state index contributed by atoms with van der Waals surface area (Å²) in [7, 11) is 1.27. The topological polar surface area (TPSA) is 96.0 Å². The maximum atomic E-state index is 13.9. The molecular weight excluding hydrogens is 520 g/mol. The van der Waals surface area contributed by atoms with Crippen molar-refractivity contribution in [1.29, 1.82) is 0 Å². The summed E-state index contributed by atoms with van der Waals surface area (Å²) in [6, 6.07) is 27.3. The number of benzene rings is 3. The number of carbonyl (C=O) groups is 4. The molecular formula is C34H32O7. The van der Waals surface area contributed by atoms with Crippen LogP contribution in [0.15, 0.2) is 108 Å². The summed E-state index contributed by atoms with van der Waals surface area (Å²) in [5.74, 6) is -2.50. The summed E-state index contributed by atoms with van der Waals surface area (Å²) < 4.78 is 16.4. The molecule has 0 spiro atoms. The van der Waals surface area contributed by atoms with E-state index in [-0.39, 0.29) is 43.0 Å². The van der Waals surface area contributed by atoms with Gasteiger partial charge in [-0.1, -0.05) is 91.0 Å². The summed E-state index contributed by atoms with van der Waals surface area (Å²) in [5.41, 5.74) is 1.69. The van der Waals surface area contributed by atoms with E-state index < -0.39 is 23.3 Å². The first kappa shape index (κ1) is 29.2. The number of methoxy groups -OCH3 is 1. The largest absolute Gasteiger partial charge is 0.466 e. The summed E-state index contributed by atoms with van der Waals surface area (Å²) in [5, 5.41) is 0. The van der Waals surface area contributed by atoms with Crippen molar-refractivity contribution in [3.63, 3.8) is 0 Å². The van der Waals surface area contributed by atoms with Crippen molar-refractivity contribution in [2.24, 2.45) is 5.41 Å². The van der Waals surface area contributed by atoms with Gasteiger partial charge in [0.2, 0.25) is 0 Å². The van der Waals surface area contributed by atoms with Crippen molar-refractivity contribution in [3.8, 4) is 0 Å². The van der Waals surface area contributed by atoms with Crippen molar-refractivity contribution in [3.05, 3.63) is 124 Å². The highest BCUT2D eigenvalue weighted by Crippen LogP contribution is 2.50. The van der Waals surface area contributed by atoms with Crippen LogP contribution in [-0.4, -0.2) is 30.8 Å². The Balaban J connectivity index is 1.77. The van der Waals surface area contributed by atoms with E-state index in [1.165, 1.54) is 14.0 Å². The smallest absolute Gasteiger partial charge is 0.334 e. The second kappa shape index (κ2) is 13.0. The highest BCUT2D eigenvalue weighted by atomic mass is 16.6. The van der Waals surface area contributed by atoms with Gasteiger partial charge < -0.3 is 14.2 Å². The number of ether oxygens (including phenoxy) is 3. The Hall–Kier alpha value is -4.78. The van der Waals surface area contributed by atoms with Gasteiger partial charge in [0, 0.05) is 24.0 Å². The predicted octanol–water partition coefficient (Wildman–Crippen LogP) is 5.79. The molecule has 0 bridgehead atoms. The van der Waals surface area contributed by atoms with Gasteiger partial charge in [-0.2, -0.15) is 0 Å². The van der Waals surface area contributed by atoms with Crippen LogP contribution in [0.5, 0.6) is 0 Å². The van der Waals surface area contributed by atoms with E-state index in [0.717, 1.165) is 11.1 Å². The molecule has 210 valence electrons. The van der Waals surface area contributed by atoms with E-state index in [2.05, 4.69) is 0 Å². The highest BCUT2D eigenvalue weighted by molar-refractivity contribution is 6.10. The van der Waals surface area contributed by atoms with Crippen LogP contribution in [0, 0.1) is 5.41 Å². The Morgan fingerprint density at radius 2 is 1.10 bits per heavy atom. The van der Waals surface area contributed by atoms with Crippen molar-refractivity contribution in [2.75, 3.05) is 7.11 Å². The summed E-state index contributed by atoms with van der Waals surface area (Å²) >= 11 is 0. The number of carbonyl (C=O) groups excluding carboxylic acids is 4. The van der Waals surface area contributed by atoms with Crippen molar-refractivity contribution in [1.82, 2.24) is 0 Å². The molecule has 0 N–H and O–H groups in total. The molecule has 0 fully saturated rings. The van der Waals surface area contributed by atoms with E-state index in [1.54, 1.807) is 31.2 Å². The number of rotatable bonds is 10. The lowest BCUT2D eigenvalue weighted by Gasteiger charge is -2.26. The van der Waals surface area contributed by atoms with Gasteiger partial charge >= 0.3 is 17.9 Å². The van der Waals surface area contributed by atoms with Gasteiger partial charge in [0.1, 0.15) is 13.2 Å². The third kappa shape index (κ3) is 6.52. The Labute approximate surface area is 239 Å². The highest BCUT2D eigenvalue weighted by Gasteiger charge is 2.55. The first-order chi connectivity index (χ1) is 19.8. The van der Waals surface area contributed by atoms with Gasteiger partial charge in [0.05, 0.1) is 7.11 Å². The molecule has 7 heteroatoms. The van der Waals surface area contributed by atoms with Crippen LogP contribution in [0.1, 0.15) is 43.4 Å². The lowest BCUT2D eigenvalue weighted by atomic mass is 9.81. The van der Waals surface area contributed by atoms with Gasteiger partial charge in [0.15, 0.2) is 11.2 Å². The standard InChI is InChI=1S/C34H32O7/c1-23(31(36)39-3)30(27-17-11-6-12-18-27)29-20-34(19-28(29)24(2)35,32(37)40-21-25-13-7-4-8-14-25)33(38)41-22-26-15-9-5-10-16-26/h4-18H,19-22H2,1-3H3/b30-23+. The Morgan fingerprint density at radius 3 is 1.54 bits per heavy atom. The minimum absolute atomic E-state index is 0.0549. The first-order valence-corrected chi connectivity index (χ1v) is 13.3. The van der Waals surface area contributed by atoms with Gasteiger partial charge in [-0.25, -0.2) is 4.79 Å². The number of ketones is 1. The average molecular weight is 553 g/mol. The molecule has 4 rings (SSSR count). The molecule has 3 aromatic carbocycles. The zero-order valence-electron chi connectivity index (χ0n) is 23.3. The van der Waals surface area contributed by atoms with Crippen LogP contribution >= 0.6 is 0 Å². The van der Waals surface area contributed by atoms with Crippen LogP contribution in [0.25, 0.3) is 5.57 Å². The van der Waals surface area contributed by atoms with Gasteiger partial charge in [0.25, 0.3) is 0 Å². The van der Waals surface area contributed by atoms with E-state index in [9.17, 15) is 19.2 Å². The molecule has 3 aromatic rings. The Morgan fingerprint density at radius 1 is 0.659 bits per heavy atom. The quantitative estimate of drug-likeness (QED) is 0.136. The lowest BCUT2D eigenvalue weighted by Crippen LogP contribution is -2.40. The molecule has 0 amide bonds. The van der Waals surface area contributed by atoms with E-state index in [4.69, 9.17) is 14.2 Å². The normalized spacial score (nSPS) is 14.6. The summed E-state index contributed by atoms with van der Waals surface area (Å²) in [6.07, 6.45) is -0.397. The summed E-state index contributed by atoms with van der Waals surface area (Å²) in [4.78, 5) is 53.5. The van der Waals surface area contributed by atoms with Crippen LogP contribution in [0.3, 0.4) is 0 Å². The molecule has 1 aliphatic rings. The lowest BCUT2D eigenvalue weighted by molar-refractivity contribution is -0.173. The molecule has 0 heterocycles. The van der Waals surface area contributed by atoms with E-state index in [0.29, 0.717) is 16.7 Å². The molecule has 0 saturated carbocycles.